The van der Waals surface area contributed by atoms with Gasteiger partial charge < -0.3 is 15.7 Å². The summed E-state index contributed by atoms with van der Waals surface area (Å²) in [5.74, 6) is 1.82. The monoisotopic (exact) mass is 308 g/mol. The molecule has 116 valence electrons. The Kier molecular flexibility index (Phi) is 4.68. The number of hydrogen-bond donors (Lipinski definition) is 3. The second kappa shape index (κ2) is 6.15. The van der Waals surface area contributed by atoms with E-state index in [9.17, 15) is 5.11 Å². The average molecular weight is 308 g/mol. The summed E-state index contributed by atoms with van der Waals surface area (Å²) in [6.07, 6.45) is 0.746. The first-order valence-electron chi connectivity index (χ1n) is 7.23. The van der Waals surface area contributed by atoms with E-state index < -0.39 is 5.60 Å². The Bertz CT molecular complexity index is 621. The summed E-state index contributed by atoms with van der Waals surface area (Å²) < 4.78 is 0. The van der Waals surface area contributed by atoms with Crippen LogP contribution >= 0.6 is 11.3 Å². The molecule has 0 fully saturated rings. The third-order valence-corrected chi connectivity index (χ3v) is 4.17. The summed E-state index contributed by atoms with van der Waals surface area (Å²) in [5, 5.41) is 17.7. The summed E-state index contributed by atoms with van der Waals surface area (Å²) in [6, 6.07) is 2.08. The average Bonchev–Trinajstić information content (AvgIpc) is 2.74. The number of nitrogens with one attached hydrogen (secondary N) is 2. The summed E-state index contributed by atoms with van der Waals surface area (Å²) in [6.45, 7) is 8.60. The van der Waals surface area contributed by atoms with Crippen molar-refractivity contribution in [1.82, 2.24) is 9.97 Å². The van der Waals surface area contributed by atoms with Gasteiger partial charge in [-0.15, -0.1) is 11.3 Å². The van der Waals surface area contributed by atoms with Crippen molar-refractivity contribution in [2.75, 3.05) is 24.2 Å². The largest absolute Gasteiger partial charge is 0.388 e. The Morgan fingerprint density at radius 1 is 1.38 bits per heavy atom. The molecule has 2 heterocycles. The van der Waals surface area contributed by atoms with Crippen LogP contribution in [-0.2, 0) is 0 Å². The molecule has 0 aliphatic carbocycles. The van der Waals surface area contributed by atoms with Crippen molar-refractivity contribution in [3.63, 3.8) is 0 Å². The van der Waals surface area contributed by atoms with E-state index in [1.807, 2.05) is 6.92 Å². The van der Waals surface area contributed by atoms with Crippen LogP contribution in [0.3, 0.4) is 0 Å². The van der Waals surface area contributed by atoms with Crippen LogP contribution in [0.15, 0.2) is 6.07 Å². The number of rotatable bonds is 6. The van der Waals surface area contributed by atoms with Crippen LogP contribution in [-0.4, -0.2) is 34.3 Å². The summed E-state index contributed by atoms with van der Waals surface area (Å²) in [7, 11) is 1.81. The number of thiophene rings is 1. The summed E-state index contributed by atoms with van der Waals surface area (Å²) in [5.41, 5.74) is -0.754. The van der Waals surface area contributed by atoms with Crippen LogP contribution in [0.1, 0.15) is 32.1 Å². The van der Waals surface area contributed by atoms with Gasteiger partial charge in [-0.2, -0.15) is 4.98 Å². The Labute approximate surface area is 129 Å². The summed E-state index contributed by atoms with van der Waals surface area (Å²) >= 11 is 1.65. The highest BCUT2D eigenvalue weighted by molar-refractivity contribution is 7.18. The lowest BCUT2D eigenvalue weighted by molar-refractivity contribution is 0.0515. The molecule has 5 nitrogen and oxygen atoms in total. The first-order valence-corrected chi connectivity index (χ1v) is 8.04. The van der Waals surface area contributed by atoms with Crippen molar-refractivity contribution in [3.05, 3.63) is 10.9 Å². The quantitative estimate of drug-likeness (QED) is 0.764. The van der Waals surface area contributed by atoms with Gasteiger partial charge in [0, 0.05) is 18.5 Å². The normalized spacial score (nSPS) is 14.4. The van der Waals surface area contributed by atoms with E-state index in [1.165, 1.54) is 4.88 Å². The van der Waals surface area contributed by atoms with Crippen molar-refractivity contribution >= 4 is 33.3 Å². The van der Waals surface area contributed by atoms with Gasteiger partial charge in [-0.25, -0.2) is 4.98 Å². The molecule has 0 aromatic carbocycles. The Morgan fingerprint density at radius 3 is 2.71 bits per heavy atom. The van der Waals surface area contributed by atoms with Crippen molar-refractivity contribution in [2.45, 2.75) is 39.7 Å². The zero-order valence-electron chi connectivity index (χ0n) is 13.3. The lowest BCUT2D eigenvalue weighted by Gasteiger charge is -2.26. The highest BCUT2D eigenvalue weighted by Gasteiger charge is 2.22. The molecule has 0 radical (unpaired) electrons. The maximum absolute atomic E-state index is 10.4. The van der Waals surface area contributed by atoms with E-state index in [1.54, 1.807) is 18.4 Å². The van der Waals surface area contributed by atoms with Crippen LogP contribution in [0.2, 0.25) is 0 Å². The minimum absolute atomic E-state index is 0.448. The van der Waals surface area contributed by atoms with E-state index in [2.05, 4.69) is 47.4 Å². The van der Waals surface area contributed by atoms with Gasteiger partial charge in [0.2, 0.25) is 5.95 Å². The van der Waals surface area contributed by atoms with Gasteiger partial charge in [-0.05, 0) is 32.3 Å². The maximum Gasteiger partial charge on any atom is 0.225 e. The molecule has 1 atom stereocenters. The number of fused-ring (bicyclic) bond motifs is 1. The molecule has 2 aromatic heterocycles. The first-order chi connectivity index (χ1) is 9.80. The molecular weight excluding hydrogens is 284 g/mol. The van der Waals surface area contributed by atoms with Crippen molar-refractivity contribution < 1.29 is 5.11 Å². The van der Waals surface area contributed by atoms with Gasteiger partial charge in [-0.3, -0.25) is 0 Å². The lowest BCUT2D eigenvalue weighted by atomic mass is 9.94. The second-order valence-electron chi connectivity index (χ2n) is 6.17. The van der Waals surface area contributed by atoms with Crippen LogP contribution < -0.4 is 10.6 Å². The Morgan fingerprint density at radius 2 is 2.10 bits per heavy atom. The Balaban J connectivity index is 2.24. The molecule has 21 heavy (non-hydrogen) atoms. The third kappa shape index (κ3) is 4.04. The number of aryl methyl sites for hydroxylation is 1. The smallest absolute Gasteiger partial charge is 0.225 e. The fraction of sp³-hybridized carbons (Fsp3) is 0.600. The minimum Gasteiger partial charge on any atom is -0.388 e. The van der Waals surface area contributed by atoms with E-state index in [0.29, 0.717) is 18.4 Å². The predicted molar refractivity (Wildman–Crippen MR) is 90.3 cm³/mol. The van der Waals surface area contributed by atoms with E-state index in [4.69, 9.17) is 0 Å². The van der Waals surface area contributed by atoms with Crippen LogP contribution in [0.4, 0.5) is 11.8 Å². The standard InChI is InChI=1S/C15H24N4OS/c1-9(2)7-15(4,20)8-17-12-11-6-10(3)21-13(11)19-14(16-5)18-12/h6,9,20H,7-8H2,1-5H3,(H2,16,17,18,19). The van der Waals surface area contributed by atoms with E-state index >= 15 is 0 Å². The molecular formula is C15H24N4OS. The molecule has 0 aliphatic heterocycles. The van der Waals surface area contributed by atoms with Crippen LogP contribution in [0.25, 0.3) is 10.2 Å². The fourth-order valence-electron chi connectivity index (χ4n) is 2.51. The summed E-state index contributed by atoms with van der Waals surface area (Å²) in [4.78, 5) is 11.1. The number of anilines is 2. The van der Waals surface area contributed by atoms with Gasteiger partial charge >= 0.3 is 0 Å². The zero-order valence-corrected chi connectivity index (χ0v) is 14.1. The highest BCUT2D eigenvalue weighted by Crippen LogP contribution is 2.30. The van der Waals surface area contributed by atoms with Gasteiger partial charge in [0.15, 0.2) is 0 Å². The highest BCUT2D eigenvalue weighted by atomic mass is 32.1. The number of hydrogen-bond acceptors (Lipinski definition) is 6. The SMILES string of the molecule is CNc1nc(NCC(C)(O)CC(C)C)c2cc(C)sc2n1. The number of aliphatic hydroxyl groups is 1. The topological polar surface area (TPSA) is 70.1 Å². The van der Waals surface area contributed by atoms with Gasteiger partial charge in [0.1, 0.15) is 10.6 Å². The molecule has 2 aromatic rings. The van der Waals surface area contributed by atoms with Crippen LogP contribution in [0.5, 0.6) is 0 Å². The molecule has 3 N–H and O–H groups in total. The van der Waals surface area contributed by atoms with Gasteiger partial charge in [-0.1, -0.05) is 13.8 Å². The number of nitrogens with zero attached hydrogens (tertiary/aromatic N) is 2. The molecule has 0 saturated heterocycles. The molecule has 1 unspecified atom stereocenters. The third-order valence-electron chi connectivity index (χ3n) is 3.22. The van der Waals surface area contributed by atoms with E-state index in [-0.39, 0.29) is 0 Å². The Hall–Kier alpha value is -1.40. The number of aromatic nitrogens is 2. The fourth-order valence-corrected chi connectivity index (χ4v) is 3.39. The zero-order chi connectivity index (χ0) is 15.6. The lowest BCUT2D eigenvalue weighted by Crippen LogP contribution is -2.35. The molecule has 0 spiro atoms. The molecule has 0 aliphatic rings. The van der Waals surface area contributed by atoms with Crippen molar-refractivity contribution in [3.8, 4) is 0 Å². The minimum atomic E-state index is -0.754. The second-order valence-corrected chi connectivity index (χ2v) is 7.40. The van der Waals surface area contributed by atoms with Gasteiger partial charge in [0.25, 0.3) is 0 Å². The molecule has 6 heteroatoms. The predicted octanol–water partition coefficient (Wildman–Crippen LogP) is 3.25. The van der Waals surface area contributed by atoms with Crippen LogP contribution in [0, 0.1) is 12.8 Å². The molecule has 0 saturated carbocycles. The van der Waals surface area contributed by atoms with Crippen molar-refractivity contribution in [1.29, 1.82) is 0 Å². The van der Waals surface area contributed by atoms with Crippen molar-refractivity contribution in [2.24, 2.45) is 5.92 Å². The van der Waals surface area contributed by atoms with Gasteiger partial charge in [0.05, 0.1) is 11.0 Å². The molecule has 0 amide bonds. The first kappa shape index (κ1) is 16.0. The molecule has 0 bridgehead atoms. The van der Waals surface area contributed by atoms with E-state index in [0.717, 1.165) is 22.5 Å². The maximum atomic E-state index is 10.4. The molecule has 2 rings (SSSR count).